The summed E-state index contributed by atoms with van der Waals surface area (Å²) in [6.45, 7) is 4.27. The minimum atomic E-state index is -0.0675. The van der Waals surface area contributed by atoms with Crippen molar-refractivity contribution in [3.63, 3.8) is 0 Å². The summed E-state index contributed by atoms with van der Waals surface area (Å²) >= 11 is 0. The summed E-state index contributed by atoms with van der Waals surface area (Å²) in [6.07, 6.45) is 4.18. The average molecular weight is 190 g/mol. The Kier molecular flexibility index (Phi) is 2.40. The maximum atomic E-state index is 13.6. The molecule has 0 saturated heterocycles. The van der Waals surface area contributed by atoms with E-state index in [0.29, 0.717) is 5.92 Å². The van der Waals surface area contributed by atoms with Crippen molar-refractivity contribution in [3.8, 4) is 0 Å². The molecule has 1 aliphatic rings. The van der Waals surface area contributed by atoms with Gasteiger partial charge in [-0.05, 0) is 30.0 Å². The van der Waals surface area contributed by atoms with Crippen molar-refractivity contribution in [1.82, 2.24) is 0 Å². The molecular weight excluding hydrogens is 175 g/mol. The zero-order valence-electron chi connectivity index (χ0n) is 8.68. The monoisotopic (exact) mass is 190 g/mol. The molecule has 0 spiro atoms. The van der Waals surface area contributed by atoms with Crippen molar-refractivity contribution >= 4 is 11.6 Å². The maximum absolute atomic E-state index is 13.6. The van der Waals surface area contributed by atoms with Crippen LogP contribution in [0.25, 0.3) is 11.6 Å². The highest BCUT2D eigenvalue weighted by Crippen LogP contribution is 2.17. The second kappa shape index (κ2) is 3.56. The van der Waals surface area contributed by atoms with Crippen LogP contribution in [0, 0.1) is 11.7 Å². The first-order valence-corrected chi connectivity index (χ1v) is 5.18. The van der Waals surface area contributed by atoms with Crippen LogP contribution in [0.4, 0.5) is 4.39 Å². The summed E-state index contributed by atoms with van der Waals surface area (Å²) in [7, 11) is 0. The van der Waals surface area contributed by atoms with Crippen molar-refractivity contribution in [2.24, 2.45) is 5.92 Å². The van der Waals surface area contributed by atoms with E-state index in [1.54, 1.807) is 12.1 Å². The molecule has 0 radical (unpaired) electrons. The third kappa shape index (κ3) is 1.47. The van der Waals surface area contributed by atoms with Gasteiger partial charge in [-0.15, -0.1) is 0 Å². The molecule has 1 aromatic carbocycles. The number of halogens is 1. The van der Waals surface area contributed by atoms with Crippen LogP contribution in [0.2, 0.25) is 0 Å². The van der Waals surface area contributed by atoms with E-state index in [1.807, 2.05) is 6.07 Å². The first kappa shape index (κ1) is 9.45. The average Bonchev–Trinajstić information content (AvgIpc) is 2.17. The van der Waals surface area contributed by atoms with Gasteiger partial charge in [0.05, 0.1) is 0 Å². The van der Waals surface area contributed by atoms with E-state index >= 15 is 0 Å². The fourth-order valence-corrected chi connectivity index (χ4v) is 2.14. The summed E-state index contributed by atoms with van der Waals surface area (Å²) < 4.78 is 13.6. The third-order valence-corrected chi connectivity index (χ3v) is 2.84. The predicted octanol–water partition coefficient (Wildman–Crippen LogP) is 2.21. The molecule has 1 aliphatic carbocycles. The Balaban J connectivity index is 2.85. The number of rotatable bonds is 1. The Bertz CT molecular complexity index is 455. The smallest absolute Gasteiger partial charge is 0.130 e. The Morgan fingerprint density at radius 2 is 2.07 bits per heavy atom. The summed E-state index contributed by atoms with van der Waals surface area (Å²) in [6, 6.07) is 5.34. The number of hydrogen-bond acceptors (Lipinski definition) is 0. The molecule has 0 saturated carbocycles. The summed E-state index contributed by atoms with van der Waals surface area (Å²) in [5, 5.41) is 1.92. The van der Waals surface area contributed by atoms with E-state index in [1.165, 1.54) is 5.57 Å². The molecular formula is C13H15F. The van der Waals surface area contributed by atoms with E-state index < -0.39 is 0 Å². The molecule has 0 fully saturated rings. The molecule has 74 valence electrons. The van der Waals surface area contributed by atoms with Crippen molar-refractivity contribution in [3.05, 3.63) is 34.5 Å². The van der Waals surface area contributed by atoms with Gasteiger partial charge in [-0.3, -0.25) is 0 Å². The minimum absolute atomic E-state index is 0.0675. The van der Waals surface area contributed by atoms with E-state index in [9.17, 15) is 4.39 Å². The van der Waals surface area contributed by atoms with Gasteiger partial charge in [-0.1, -0.05) is 37.6 Å². The van der Waals surface area contributed by atoms with Crippen LogP contribution in [0.5, 0.6) is 0 Å². The lowest BCUT2D eigenvalue weighted by atomic mass is 9.91. The van der Waals surface area contributed by atoms with Crippen molar-refractivity contribution in [1.29, 1.82) is 0 Å². The van der Waals surface area contributed by atoms with Gasteiger partial charge in [0.2, 0.25) is 0 Å². The van der Waals surface area contributed by atoms with Crippen LogP contribution in [-0.2, 0) is 0 Å². The lowest BCUT2D eigenvalue weighted by Gasteiger charge is -2.14. The second-order valence-corrected chi connectivity index (χ2v) is 4.13. The SMILES string of the molecule is CC(C)C1=c2c(F)cccc2=CCC1. The lowest BCUT2D eigenvalue weighted by molar-refractivity contribution is 0.611. The van der Waals surface area contributed by atoms with E-state index in [-0.39, 0.29) is 5.82 Å². The summed E-state index contributed by atoms with van der Waals surface area (Å²) in [4.78, 5) is 0. The highest BCUT2D eigenvalue weighted by molar-refractivity contribution is 5.52. The van der Waals surface area contributed by atoms with Crippen LogP contribution >= 0.6 is 0 Å². The molecule has 0 unspecified atom stereocenters. The van der Waals surface area contributed by atoms with Gasteiger partial charge in [0.1, 0.15) is 5.82 Å². The van der Waals surface area contributed by atoms with Gasteiger partial charge >= 0.3 is 0 Å². The highest BCUT2D eigenvalue weighted by Gasteiger charge is 2.10. The Morgan fingerprint density at radius 3 is 2.79 bits per heavy atom. The zero-order valence-corrected chi connectivity index (χ0v) is 8.68. The third-order valence-electron chi connectivity index (χ3n) is 2.84. The fraction of sp³-hybridized carbons (Fsp3) is 0.385. The number of benzene rings is 1. The molecule has 0 heterocycles. The zero-order chi connectivity index (χ0) is 10.1. The topological polar surface area (TPSA) is 0 Å². The molecule has 1 heteroatoms. The number of fused-ring (bicyclic) bond motifs is 1. The van der Waals surface area contributed by atoms with Gasteiger partial charge in [0.25, 0.3) is 0 Å². The van der Waals surface area contributed by atoms with Gasteiger partial charge in [-0.2, -0.15) is 0 Å². The van der Waals surface area contributed by atoms with Gasteiger partial charge in [-0.25, -0.2) is 4.39 Å². The first-order valence-electron chi connectivity index (χ1n) is 5.18. The van der Waals surface area contributed by atoms with Gasteiger partial charge in [0.15, 0.2) is 0 Å². The van der Waals surface area contributed by atoms with Crippen molar-refractivity contribution < 1.29 is 4.39 Å². The van der Waals surface area contributed by atoms with Crippen LogP contribution < -0.4 is 10.4 Å². The second-order valence-electron chi connectivity index (χ2n) is 4.13. The number of hydrogen-bond donors (Lipinski definition) is 0. The molecule has 0 N–H and O–H groups in total. The lowest BCUT2D eigenvalue weighted by Crippen LogP contribution is -2.33. The van der Waals surface area contributed by atoms with Crippen LogP contribution in [0.15, 0.2) is 18.2 Å². The normalized spacial score (nSPS) is 15.3. The van der Waals surface area contributed by atoms with E-state index in [0.717, 1.165) is 23.3 Å². The molecule has 2 rings (SSSR count). The molecule has 1 aromatic rings. The standard InChI is InChI=1S/C13H15F/c1-9(2)11-7-3-5-10-6-4-8-12(14)13(10)11/h4-6,8-9H,3,7H2,1-2H3. The summed E-state index contributed by atoms with van der Waals surface area (Å²) in [5.74, 6) is 0.376. The Labute approximate surface area is 83.8 Å². The molecule has 0 bridgehead atoms. The van der Waals surface area contributed by atoms with Gasteiger partial charge < -0.3 is 0 Å². The van der Waals surface area contributed by atoms with Crippen LogP contribution in [0.1, 0.15) is 26.7 Å². The van der Waals surface area contributed by atoms with Crippen LogP contribution in [-0.4, -0.2) is 0 Å². The molecule has 0 aliphatic heterocycles. The highest BCUT2D eigenvalue weighted by atomic mass is 19.1. The summed E-state index contributed by atoms with van der Waals surface area (Å²) in [5.41, 5.74) is 1.26. The van der Waals surface area contributed by atoms with E-state index in [2.05, 4.69) is 19.9 Å². The quantitative estimate of drug-likeness (QED) is 0.637. The van der Waals surface area contributed by atoms with Gasteiger partial charge in [0, 0.05) is 5.22 Å². The van der Waals surface area contributed by atoms with Crippen molar-refractivity contribution in [2.75, 3.05) is 0 Å². The largest absolute Gasteiger partial charge is 0.206 e. The molecule has 14 heavy (non-hydrogen) atoms. The predicted molar refractivity (Wildman–Crippen MR) is 57.6 cm³/mol. The fourth-order valence-electron chi connectivity index (χ4n) is 2.14. The Morgan fingerprint density at radius 1 is 1.29 bits per heavy atom. The minimum Gasteiger partial charge on any atom is -0.206 e. The molecule has 0 atom stereocenters. The van der Waals surface area contributed by atoms with Crippen molar-refractivity contribution in [2.45, 2.75) is 26.7 Å². The maximum Gasteiger partial charge on any atom is 0.130 e. The first-order chi connectivity index (χ1) is 6.70. The molecule has 0 amide bonds. The van der Waals surface area contributed by atoms with Crippen LogP contribution in [0.3, 0.4) is 0 Å². The molecule has 0 nitrogen and oxygen atoms in total. The Hall–Kier alpha value is -1.11. The molecule has 0 aromatic heterocycles. The van der Waals surface area contributed by atoms with E-state index in [4.69, 9.17) is 0 Å².